The zero-order valence-electron chi connectivity index (χ0n) is 14.8. The summed E-state index contributed by atoms with van der Waals surface area (Å²) in [6, 6.07) is 20.8. The molecule has 28 heavy (non-hydrogen) atoms. The van der Waals surface area contributed by atoms with Crippen molar-refractivity contribution in [3.8, 4) is 5.69 Å². The fourth-order valence-electron chi connectivity index (χ4n) is 2.87. The second-order valence-electron chi connectivity index (χ2n) is 6.00. The molecule has 2 aromatic carbocycles. The number of aromatic nitrogens is 3. The number of nitrogens with zero attached hydrogens (tertiary/aromatic N) is 4. The van der Waals surface area contributed by atoms with Crippen molar-refractivity contribution in [1.29, 1.82) is 0 Å². The maximum Gasteiger partial charge on any atom is 0.273 e. The summed E-state index contributed by atoms with van der Waals surface area (Å²) in [6.45, 7) is 0. The molecular weight excluding hydrogens is 392 g/mol. The normalized spacial score (nSPS) is 10.9. The minimum Gasteiger partial charge on any atom is -0.274 e. The van der Waals surface area contributed by atoms with E-state index in [9.17, 15) is 10.1 Å². The molecule has 0 amide bonds. The van der Waals surface area contributed by atoms with Gasteiger partial charge in [-0.25, -0.2) is 0 Å². The fourth-order valence-corrected chi connectivity index (χ4v) is 4.54. The van der Waals surface area contributed by atoms with Gasteiger partial charge in [0.25, 0.3) is 5.69 Å². The van der Waals surface area contributed by atoms with Crippen molar-refractivity contribution in [3.05, 3.63) is 98.5 Å². The van der Waals surface area contributed by atoms with Gasteiger partial charge in [-0.1, -0.05) is 54.2 Å². The van der Waals surface area contributed by atoms with E-state index in [1.807, 2.05) is 52.4 Å². The van der Waals surface area contributed by atoms with Gasteiger partial charge < -0.3 is 0 Å². The van der Waals surface area contributed by atoms with E-state index in [0.29, 0.717) is 17.7 Å². The SMILES string of the molecule is O=[N+]([O-])c1ccccc1CSc1nnc(Cc2cccs2)n1-c1ccccc1. The van der Waals surface area contributed by atoms with Crippen LogP contribution < -0.4 is 0 Å². The summed E-state index contributed by atoms with van der Waals surface area (Å²) in [5.41, 5.74) is 1.77. The predicted octanol–water partition coefficient (Wildman–Crippen LogP) is 5.12. The highest BCUT2D eigenvalue weighted by Crippen LogP contribution is 2.29. The Morgan fingerprint density at radius 3 is 2.54 bits per heavy atom. The van der Waals surface area contributed by atoms with Gasteiger partial charge in [0, 0.05) is 34.4 Å². The molecular formula is C20H16N4O2S2. The van der Waals surface area contributed by atoms with Crippen LogP contribution in [0.1, 0.15) is 16.3 Å². The number of nitro benzene ring substituents is 1. The Morgan fingerprint density at radius 1 is 1.00 bits per heavy atom. The summed E-state index contributed by atoms with van der Waals surface area (Å²) in [4.78, 5) is 12.1. The molecule has 0 bridgehead atoms. The number of thiophene rings is 1. The van der Waals surface area contributed by atoms with E-state index in [2.05, 4.69) is 16.3 Å². The molecule has 0 unspecified atom stereocenters. The van der Waals surface area contributed by atoms with Gasteiger partial charge in [0.15, 0.2) is 5.16 Å². The lowest BCUT2D eigenvalue weighted by atomic mass is 10.2. The Bertz CT molecular complexity index is 1080. The standard InChI is InChI=1S/C20H16N4O2S2/c25-24(26)18-11-5-4-7-15(18)14-28-20-22-21-19(13-17-10-6-12-27-17)23(20)16-8-2-1-3-9-16/h1-12H,13-14H2. The van der Waals surface area contributed by atoms with Crippen LogP contribution in [0.3, 0.4) is 0 Å². The molecule has 0 fully saturated rings. The fraction of sp³-hybridized carbons (Fsp3) is 0.100. The van der Waals surface area contributed by atoms with E-state index in [1.54, 1.807) is 23.5 Å². The van der Waals surface area contributed by atoms with Crippen molar-refractivity contribution >= 4 is 28.8 Å². The molecule has 0 aliphatic heterocycles. The van der Waals surface area contributed by atoms with Gasteiger partial charge in [0.05, 0.1) is 4.92 Å². The maximum absolute atomic E-state index is 11.3. The first-order valence-corrected chi connectivity index (χ1v) is 10.5. The van der Waals surface area contributed by atoms with Crippen molar-refractivity contribution in [3.63, 3.8) is 0 Å². The maximum atomic E-state index is 11.3. The third-order valence-corrected chi connectivity index (χ3v) is 6.03. The molecule has 0 N–H and O–H groups in total. The van der Waals surface area contributed by atoms with Crippen molar-refractivity contribution in [1.82, 2.24) is 14.8 Å². The van der Waals surface area contributed by atoms with Crippen LogP contribution in [-0.4, -0.2) is 19.7 Å². The van der Waals surface area contributed by atoms with E-state index >= 15 is 0 Å². The molecule has 0 spiro atoms. The van der Waals surface area contributed by atoms with Gasteiger partial charge in [-0.15, -0.1) is 21.5 Å². The third-order valence-electron chi connectivity index (χ3n) is 4.17. The van der Waals surface area contributed by atoms with Crippen LogP contribution >= 0.6 is 23.1 Å². The van der Waals surface area contributed by atoms with E-state index in [1.165, 1.54) is 22.7 Å². The number of hydrogen-bond acceptors (Lipinski definition) is 6. The second-order valence-corrected chi connectivity index (χ2v) is 7.98. The van der Waals surface area contributed by atoms with Gasteiger partial charge in [-0.05, 0) is 23.6 Å². The van der Waals surface area contributed by atoms with Gasteiger partial charge in [-0.2, -0.15) is 0 Å². The molecule has 0 saturated heterocycles. The zero-order chi connectivity index (χ0) is 19.3. The molecule has 4 aromatic rings. The zero-order valence-corrected chi connectivity index (χ0v) is 16.4. The average molecular weight is 409 g/mol. The molecule has 4 rings (SSSR count). The highest BCUT2D eigenvalue weighted by Gasteiger charge is 2.18. The van der Waals surface area contributed by atoms with E-state index in [4.69, 9.17) is 0 Å². The van der Waals surface area contributed by atoms with E-state index in [-0.39, 0.29) is 10.6 Å². The Morgan fingerprint density at radius 2 is 1.79 bits per heavy atom. The quantitative estimate of drug-likeness (QED) is 0.241. The van der Waals surface area contributed by atoms with Crippen LogP contribution in [-0.2, 0) is 12.2 Å². The van der Waals surface area contributed by atoms with Gasteiger partial charge in [0.2, 0.25) is 0 Å². The molecule has 0 saturated carbocycles. The summed E-state index contributed by atoms with van der Waals surface area (Å²) in [5, 5.41) is 22.8. The van der Waals surface area contributed by atoms with E-state index in [0.717, 1.165) is 16.7 Å². The van der Waals surface area contributed by atoms with Crippen LogP contribution in [0, 0.1) is 10.1 Å². The van der Waals surface area contributed by atoms with Crippen LogP contribution in [0.25, 0.3) is 5.69 Å². The summed E-state index contributed by atoms with van der Waals surface area (Å²) >= 11 is 3.13. The van der Waals surface area contributed by atoms with Crippen molar-refractivity contribution in [2.45, 2.75) is 17.3 Å². The first kappa shape index (κ1) is 18.4. The van der Waals surface area contributed by atoms with Crippen LogP contribution in [0.15, 0.2) is 77.3 Å². The van der Waals surface area contributed by atoms with Crippen molar-refractivity contribution < 1.29 is 4.92 Å². The Balaban J connectivity index is 1.66. The molecule has 140 valence electrons. The second kappa shape index (κ2) is 8.37. The number of rotatable bonds is 7. The predicted molar refractivity (Wildman–Crippen MR) is 111 cm³/mol. The Hall–Kier alpha value is -2.97. The van der Waals surface area contributed by atoms with Gasteiger partial charge in [-0.3, -0.25) is 14.7 Å². The smallest absolute Gasteiger partial charge is 0.273 e. The van der Waals surface area contributed by atoms with Crippen LogP contribution in [0.4, 0.5) is 5.69 Å². The van der Waals surface area contributed by atoms with Crippen LogP contribution in [0.5, 0.6) is 0 Å². The summed E-state index contributed by atoms with van der Waals surface area (Å²) in [7, 11) is 0. The molecule has 0 aliphatic carbocycles. The molecule has 0 radical (unpaired) electrons. The number of hydrogen-bond donors (Lipinski definition) is 0. The van der Waals surface area contributed by atoms with Crippen molar-refractivity contribution in [2.24, 2.45) is 0 Å². The molecule has 6 nitrogen and oxygen atoms in total. The highest BCUT2D eigenvalue weighted by molar-refractivity contribution is 7.98. The number of para-hydroxylation sites is 2. The van der Waals surface area contributed by atoms with Gasteiger partial charge >= 0.3 is 0 Å². The molecule has 8 heteroatoms. The molecule has 2 heterocycles. The largest absolute Gasteiger partial charge is 0.274 e. The lowest BCUT2D eigenvalue weighted by molar-refractivity contribution is -0.385. The summed E-state index contributed by atoms with van der Waals surface area (Å²) in [5.74, 6) is 1.29. The molecule has 0 aliphatic rings. The molecule has 2 aromatic heterocycles. The number of nitro groups is 1. The van der Waals surface area contributed by atoms with Crippen LogP contribution in [0.2, 0.25) is 0 Å². The van der Waals surface area contributed by atoms with Gasteiger partial charge in [0.1, 0.15) is 5.82 Å². The minimum absolute atomic E-state index is 0.125. The molecule has 0 atom stereocenters. The minimum atomic E-state index is -0.347. The first-order valence-electron chi connectivity index (χ1n) is 8.59. The highest BCUT2D eigenvalue weighted by atomic mass is 32.2. The lowest BCUT2D eigenvalue weighted by Gasteiger charge is -2.10. The summed E-state index contributed by atoms with van der Waals surface area (Å²) in [6.07, 6.45) is 0.686. The first-order chi connectivity index (χ1) is 13.7. The Labute approximate surface area is 170 Å². The topological polar surface area (TPSA) is 73.8 Å². The monoisotopic (exact) mass is 408 g/mol. The average Bonchev–Trinajstić information content (AvgIpc) is 3.37. The number of benzene rings is 2. The van der Waals surface area contributed by atoms with Crippen molar-refractivity contribution in [2.75, 3.05) is 0 Å². The summed E-state index contributed by atoms with van der Waals surface area (Å²) < 4.78 is 2.03. The third kappa shape index (κ3) is 3.97. The van der Waals surface area contributed by atoms with E-state index < -0.39 is 0 Å². The lowest BCUT2D eigenvalue weighted by Crippen LogP contribution is -2.03. The Kier molecular flexibility index (Phi) is 5.50. The number of thioether (sulfide) groups is 1.